The van der Waals surface area contributed by atoms with E-state index in [0.29, 0.717) is 15.0 Å². The Bertz CT molecular complexity index is 1120. The Morgan fingerprint density at radius 3 is 2.69 bits per heavy atom. The van der Waals surface area contributed by atoms with Crippen LogP contribution in [0, 0.1) is 20.2 Å². The Morgan fingerprint density at radius 1 is 1.25 bits per heavy atom. The molecule has 1 fully saturated rings. The molecule has 12 nitrogen and oxygen atoms in total. The summed E-state index contributed by atoms with van der Waals surface area (Å²) in [6.45, 7) is 0.214. The van der Waals surface area contributed by atoms with Crippen molar-refractivity contribution in [1.29, 1.82) is 0 Å². The lowest BCUT2D eigenvalue weighted by atomic mass is 10.2. The topological polar surface area (TPSA) is 161 Å². The zero-order valence-corrected chi connectivity index (χ0v) is 17.8. The fraction of sp³-hybridized carbons (Fsp3) is 0.167. The average molecular weight is 477 g/mol. The number of nitrogens with zero attached hydrogens (tertiary/aromatic N) is 3. The molecule has 1 aromatic heterocycles. The van der Waals surface area contributed by atoms with Gasteiger partial charge >= 0.3 is 5.69 Å². The molecule has 1 saturated heterocycles. The Hall–Kier alpha value is -3.78. The number of hydrogen-bond acceptors (Lipinski definition) is 10. The predicted molar refractivity (Wildman–Crippen MR) is 119 cm³/mol. The summed E-state index contributed by atoms with van der Waals surface area (Å²) in [4.78, 5) is 46.7. The third kappa shape index (κ3) is 5.47. The van der Waals surface area contributed by atoms with E-state index in [1.54, 1.807) is 18.2 Å². The number of benzene rings is 1. The van der Waals surface area contributed by atoms with Crippen LogP contribution in [0.4, 0.5) is 17.1 Å². The van der Waals surface area contributed by atoms with Crippen molar-refractivity contribution in [2.45, 2.75) is 12.8 Å². The van der Waals surface area contributed by atoms with Crippen molar-refractivity contribution in [3.63, 3.8) is 0 Å². The SMILES string of the molecule is O=C(CCCN1C(=O)C(=Cc2ccco2)SC1=S)NNc1ccc([N+](=O)[O-])cc1[N+](=O)[O-]. The molecule has 0 bridgehead atoms. The Kier molecular flexibility index (Phi) is 7.17. The molecule has 14 heteroatoms. The molecule has 0 radical (unpaired) electrons. The number of amides is 2. The lowest BCUT2D eigenvalue weighted by molar-refractivity contribution is -0.393. The number of anilines is 1. The highest BCUT2D eigenvalue weighted by Gasteiger charge is 2.32. The van der Waals surface area contributed by atoms with Gasteiger partial charge in [0.25, 0.3) is 11.6 Å². The van der Waals surface area contributed by atoms with Gasteiger partial charge in [0.2, 0.25) is 5.91 Å². The highest BCUT2D eigenvalue weighted by Crippen LogP contribution is 2.33. The van der Waals surface area contributed by atoms with Crippen LogP contribution in [0.15, 0.2) is 45.9 Å². The number of thiocarbonyl (C=S) groups is 1. The number of nitro benzene ring substituents is 2. The molecule has 3 rings (SSSR count). The van der Waals surface area contributed by atoms with Crippen LogP contribution in [0.1, 0.15) is 18.6 Å². The molecule has 0 saturated carbocycles. The monoisotopic (exact) mass is 477 g/mol. The Balaban J connectivity index is 1.51. The molecule has 1 aliphatic rings. The molecule has 166 valence electrons. The van der Waals surface area contributed by atoms with Crippen molar-refractivity contribution in [2.24, 2.45) is 0 Å². The summed E-state index contributed by atoms with van der Waals surface area (Å²) in [5.74, 6) is -0.248. The largest absolute Gasteiger partial charge is 0.465 e. The Morgan fingerprint density at radius 2 is 2.03 bits per heavy atom. The third-order valence-corrected chi connectivity index (χ3v) is 5.58. The molecule has 1 aromatic carbocycles. The number of rotatable bonds is 9. The second-order valence-corrected chi connectivity index (χ2v) is 8.02. The van der Waals surface area contributed by atoms with Crippen LogP contribution in [-0.4, -0.2) is 37.4 Å². The van der Waals surface area contributed by atoms with Gasteiger partial charge in [-0.1, -0.05) is 24.0 Å². The van der Waals surface area contributed by atoms with Crippen molar-refractivity contribution in [3.05, 3.63) is 67.5 Å². The molecule has 0 unspecified atom stereocenters. The maximum Gasteiger partial charge on any atom is 0.300 e. The zero-order valence-electron chi connectivity index (χ0n) is 16.2. The van der Waals surface area contributed by atoms with E-state index in [0.717, 1.165) is 30.0 Å². The summed E-state index contributed by atoms with van der Waals surface area (Å²) < 4.78 is 5.56. The number of nitro groups is 2. The molecule has 0 aliphatic carbocycles. The summed E-state index contributed by atoms with van der Waals surface area (Å²) in [5, 5.41) is 21.9. The molecule has 2 amide bonds. The molecule has 0 atom stereocenters. The van der Waals surface area contributed by atoms with Gasteiger partial charge in [-0.2, -0.15) is 0 Å². The maximum absolute atomic E-state index is 12.5. The molecule has 2 N–H and O–H groups in total. The van der Waals surface area contributed by atoms with Gasteiger partial charge in [-0.3, -0.25) is 45.6 Å². The lowest BCUT2D eigenvalue weighted by Crippen LogP contribution is -2.32. The van der Waals surface area contributed by atoms with Gasteiger partial charge in [0.05, 0.1) is 27.1 Å². The van der Waals surface area contributed by atoms with Gasteiger partial charge in [0, 0.05) is 25.1 Å². The van der Waals surface area contributed by atoms with Gasteiger partial charge < -0.3 is 4.42 Å². The van der Waals surface area contributed by atoms with E-state index in [9.17, 15) is 29.8 Å². The van der Waals surface area contributed by atoms with E-state index in [4.69, 9.17) is 16.6 Å². The van der Waals surface area contributed by atoms with Crippen LogP contribution in [-0.2, 0) is 9.59 Å². The molecule has 2 aromatic rings. The molecule has 0 spiro atoms. The van der Waals surface area contributed by atoms with Crippen LogP contribution in [0.2, 0.25) is 0 Å². The predicted octanol–water partition coefficient (Wildman–Crippen LogP) is 3.22. The number of furan rings is 1. The van der Waals surface area contributed by atoms with E-state index >= 15 is 0 Å². The van der Waals surface area contributed by atoms with Crippen LogP contribution < -0.4 is 10.9 Å². The molecule has 1 aliphatic heterocycles. The summed E-state index contributed by atoms with van der Waals surface area (Å²) in [6, 6.07) is 6.40. The quantitative estimate of drug-likeness (QED) is 0.237. The van der Waals surface area contributed by atoms with E-state index in [-0.39, 0.29) is 31.0 Å². The normalized spacial score (nSPS) is 14.6. The van der Waals surface area contributed by atoms with Crippen molar-refractivity contribution in [1.82, 2.24) is 10.3 Å². The van der Waals surface area contributed by atoms with Gasteiger partial charge in [0.15, 0.2) is 0 Å². The lowest BCUT2D eigenvalue weighted by Gasteiger charge is -2.14. The number of non-ortho nitro benzene ring substituents is 1. The first-order chi connectivity index (χ1) is 15.3. The van der Waals surface area contributed by atoms with Crippen LogP contribution in [0.3, 0.4) is 0 Å². The third-order valence-electron chi connectivity index (χ3n) is 4.20. The standard InChI is InChI=1S/C18H15N5O7S2/c24-16(20-19-13-6-5-11(22(26)27)9-14(13)23(28)29)4-1-7-21-17(25)15(32-18(21)31)10-12-3-2-8-30-12/h2-3,5-6,8-10,19H,1,4,7H2,(H,20,24). The summed E-state index contributed by atoms with van der Waals surface area (Å²) in [7, 11) is 0. The highest BCUT2D eigenvalue weighted by molar-refractivity contribution is 8.26. The van der Waals surface area contributed by atoms with Crippen LogP contribution in [0.25, 0.3) is 6.08 Å². The fourth-order valence-corrected chi connectivity index (χ4v) is 3.97. The zero-order chi connectivity index (χ0) is 23.3. The number of hydrogen-bond donors (Lipinski definition) is 2. The van der Waals surface area contributed by atoms with Crippen LogP contribution >= 0.6 is 24.0 Å². The number of thioether (sulfide) groups is 1. The second kappa shape index (κ2) is 10.0. The van der Waals surface area contributed by atoms with Crippen molar-refractivity contribution in [2.75, 3.05) is 12.0 Å². The molecule has 32 heavy (non-hydrogen) atoms. The summed E-state index contributed by atoms with van der Waals surface area (Å²) >= 11 is 6.36. The maximum atomic E-state index is 12.5. The van der Waals surface area contributed by atoms with Gasteiger partial charge in [-0.05, 0) is 24.6 Å². The van der Waals surface area contributed by atoms with E-state index in [1.165, 1.54) is 11.2 Å². The minimum Gasteiger partial charge on any atom is -0.465 e. The van der Waals surface area contributed by atoms with E-state index < -0.39 is 27.1 Å². The van der Waals surface area contributed by atoms with Crippen molar-refractivity contribution in [3.8, 4) is 0 Å². The van der Waals surface area contributed by atoms with Gasteiger partial charge in [-0.25, -0.2) is 0 Å². The minimum atomic E-state index is -0.799. The second-order valence-electron chi connectivity index (χ2n) is 6.34. The summed E-state index contributed by atoms with van der Waals surface area (Å²) in [5.41, 5.74) is 3.59. The minimum absolute atomic E-state index is 0.00205. The fourth-order valence-electron chi connectivity index (χ4n) is 2.68. The number of nitrogens with one attached hydrogen (secondary N) is 2. The average Bonchev–Trinajstić information content (AvgIpc) is 3.35. The van der Waals surface area contributed by atoms with E-state index in [2.05, 4.69) is 10.9 Å². The van der Waals surface area contributed by atoms with Crippen molar-refractivity contribution >= 4 is 63.3 Å². The number of carbonyl (C=O) groups excluding carboxylic acids is 2. The van der Waals surface area contributed by atoms with E-state index in [1.807, 2.05) is 0 Å². The highest BCUT2D eigenvalue weighted by atomic mass is 32.2. The first-order valence-corrected chi connectivity index (χ1v) is 10.3. The van der Waals surface area contributed by atoms with Gasteiger partial charge in [0.1, 0.15) is 15.8 Å². The smallest absolute Gasteiger partial charge is 0.300 e. The first-order valence-electron chi connectivity index (χ1n) is 9.03. The summed E-state index contributed by atoms with van der Waals surface area (Å²) in [6.07, 6.45) is 3.37. The molecule has 2 heterocycles. The molecular weight excluding hydrogens is 462 g/mol. The van der Waals surface area contributed by atoms with Gasteiger partial charge in [-0.15, -0.1) is 0 Å². The number of carbonyl (C=O) groups is 2. The number of hydrazine groups is 1. The Labute approximate surface area is 189 Å². The van der Waals surface area contributed by atoms with Crippen LogP contribution in [0.5, 0.6) is 0 Å². The molecular formula is C18H15N5O7S2. The first kappa shape index (κ1) is 22.9. The van der Waals surface area contributed by atoms with Crippen molar-refractivity contribution < 1.29 is 23.9 Å².